The van der Waals surface area contributed by atoms with Crippen molar-refractivity contribution in [1.82, 2.24) is 0 Å². The van der Waals surface area contributed by atoms with Crippen LogP contribution in [0.15, 0.2) is 30.3 Å². The number of hydrogen-bond donors (Lipinski definition) is 1. The van der Waals surface area contributed by atoms with Crippen molar-refractivity contribution in [3.63, 3.8) is 0 Å². The Hall–Kier alpha value is -0.213. The second-order valence-electron chi connectivity index (χ2n) is 4.53. The van der Waals surface area contributed by atoms with Gasteiger partial charge in [-0.05, 0) is 12.2 Å². The monoisotopic (exact) mass is 252 g/mol. The third kappa shape index (κ3) is 3.39. The number of unbranched alkanes of at least 4 members (excludes halogenated alkanes) is 1. The molecule has 2 heteroatoms. The Morgan fingerprint density at radius 1 is 1.00 bits per heavy atom. The highest BCUT2D eigenvalue weighted by atomic mass is 32.1. The topological polar surface area (TPSA) is 0 Å². The number of benzene rings is 1. The zero-order valence-electron chi connectivity index (χ0n) is 10.6. The minimum absolute atomic E-state index is 1.03. The molecule has 0 saturated carbocycles. The van der Waals surface area contributed by atoms with Crippen LogP contribution in [-0.4, -0.2) is 13.8 Å². The maximum Gasteiger partial charge on any atom is 0.0861 e. The Balaban J connectivity index is 2.79. The molecule has 0 amide bonds. The molecule has 0 unspecified atom stereocenters. The van der Waals surface area contributed by atoms with Crippen molar-refractivity contribution < 1.29 is 0 Å². The van der Waals surface area contributed by atoms with Crippen molar-refractivity contribution >= 4 is 25.9 Å². The van der Waals surface area contributed by atoms with Gasteiger partial charge in [0.2, 0.25) is 0 Å². The Kier molecular flexibility index (Phi) is 6.21. The fraction of sp³-hybridized carbons (Fsp3) is 0.571. The Morgan fingerprint density at radius 3 is 2.12 bits per heavy atom. The molecule has 0 heterocycles. The van der Waals surface area contributed by atoms with Crippen molar-refractivity contribution in [3.8, 4) is 0 Å². The third-order valence-electron chi connectivity index (χ3n) is 3.80. The zero-order valence-corrected chi connectivity index (χ0v) is 12.5. The first-order valence-electron chi connectivity index (χ1n) is 6.45. The number of hydrogen-bond acceptors (Lipinski definition) is 1. The van der Waals surface area contributed by atoms with E-state index in [0.717, 1.165) is 5.75 Å². The second-order valence-corrected chi connectivity index (χ2v) is 10.0. The Bertz CT molecular complexity index is 280. The van der Waals surface area contributed by atoms with Crippen LogP contribution in [0.2, 0.25) is 18.1 Å². The molecule has 0 N–H and O–H groups in total. The lowest BCUT2D eigenvalue weighted by Crippen LogP contribution is -2.46. The molecule has 1 aromatic carbocycles. The van der Waals surface area contributed by atoms with Crippen LogP contribution in [0.5, 0.6) is 0 Å². The van der Waals surface area contributed by atoms with E-state index >= 15 is 0 Å². The smallest absolute Gasteiger partial charge is 0.0861 e. The van der Waals surface area contributed by atoms with Gasteiger partial charge in [-0.1, -0.05) is 73.9 Å². The molecule has 0 radical (unpaired) electrons. The summed E-state index contributed by atoms with van der Waals surface area (Å²) in [6.07, 6.45) is 2.62. The lowest BCUT2D eigenvalue weighted by Gasteiger charge is -2.30. The summed E-state index contributed by atoms with van der Waals surface area (Å²) in [5.41, 5.74) is 0. The van der Waals surface area contributed by atoms with E-state index in [1.165, 1.54) is 31.0 Å². The molecule has 0 aliphatic carbocycles. The fourth-order valence-corrected chi connectivity index (χ4v) is 6.89. The minimum atomic E-state index is -1.19. The molecular weight excluding hydrogens is 228 g/mol. The van der Waals surface area contributed by atoms with E-state index in [4.69, 9.17) is 0 Å². The molecule has 0 aromatic heterocycles. The van der Waals surface area contributed by atoms with Crippen molar-refractivity contribution in [1.29, 1.82) is 0 Å². The van der Waals surface area contributed by atoms with Crippen LogP contribution in [0.25, 0.3) is 0 Å². The third-order valence-corrected chi connectivity index (χ3v) is 9.70. The van der Waals surface area contributed by atoms with Gasteiger partial charge in [0, 0.05) is 0 Å². The highest BCUT2D eigenvalue weighted by Gasteiger charge is 2.29. The Morgan fingerprint density at radius 2 is 1.62 bits per heavy atom. The number of rotatable bonds is 7. The molecule has 0 bridgehead atoms. The number of thiol groups is 1. The zero-order chi connectivity index (χ0) is 11.9. The Labute approximate surface area is 107 Å². The van der Waals surface area contributed by atoms with Crippen LogP contribution in [-0.2, 0) is 0 Å². The largest absolute Gasteiger partial charge is 0.179 e. The fourth-order valence-electron chi connectivity index (χ4n) is 2.52. The average Bonchev–Trinajstić information content (AvgIpc) is 2.36. The van der Waals surface area contributed by atoms with Gasteiger partial charge in [-0.2, -0.15) is 12.6 Å². The van der Waals surface area contributed by atoms with E-state index in [-0.39, 0.29) is 0 Å². The van der Waals surface area contributed by atoms with E-state index < -0.39 is 8.07 Å². The van der Waals surface area contributed by atoms with Crippen LogP contribution in [0.3, 0.4) is 0 Å². The molecule has 0 fully saturated rings. The molecule has 0 aliphatic rings. The molecule has 90 valence electrons. The van der Waals surface area contributed by atoms with Crippen molar-refractivity contribution in [2.45, 2.75) is 44.8 Å². The first kappa shape index (κ1) is 13.9. The van der Waals surface area contributed by atoms with Gasteiger partial charge in [-0.15, -0.1) is 0 Å². The molecule has 1 aromatic rings. The maximum absolute atomic E-state index is 4.31. The second kappa shape index (κ2) is 7.18. The summed E-state index contributed by atoms with van der Waals surface area (Å²) in [5.74, 6) is 1.03. The van der Waals surface area contributed by atoms with Gasteiger partial charge in [0.1, 0.15) is 0 Å². The summed E-state index contributed by atoms with van der Waals surface area (Å²) in [4.78, 5) is 0. The summed E-state index contributed by atoms with van der Waals surface area (Å²) >= 11 is 4.31. The summed E-state index contributed by atoms with van der Waals surface area (Å²) in [7, 11) is -1.19. The van der Waals surface area contributed by atoms with Gasteiger partial charge in [-0.3, -0.25) is 0 Å². The van der Waals surface area contributed by atoms with E-state index in [0.29, 0.717) is 0 Å². The van der Waals surface area contributed by atoms with E-state index in [9.17, 15) is 0 Å². The van der Waals surface area contributed by atoms with Gasteiger partial charge in [0.15, 0.2) is 0 Å². The first-order valence-corrected chi connectivity index (χ1v) is 9.71. The molecular formula is C14H24SSi. The predicted molar refractivity (Wildman–Crippen MR) is 80.7 cm³/mol. The van der Waals surface area contributed by atoms with E-state index in [2.05, 4.69) is 56.8 Å². The lowest BCUT2D eigenvalue weighted by atomic mass is 10.4. The highest BCUT2D eigenvalue weighted by Crippen LogP contribution is 2.23. The van der Waals surface area contributed by atoms with Crippen LogP contribution >= 0.6 is 12.6 Å². The first-order chi connectivity index (χ1) is 7.79. The van der Waals surface area contributed by atoms with Crippen LogP contribution in [0, 0.1) is 0 Å². The van der Waals surface area contributed by atoms with Gasteiger partial charge < -0.3 is 0 Å². The lowest BCUT2D eigenvalue weighted by molar-refractivity contribution is 0.873. The molecule has 0 spiro atoms. The normalized spacial score (nSPS) is 11.7. The minimum Gasteiger partial charge on any atom is -0.179 e. The van der Waals surface area contributed by atoms with Gasteiger partial charge in [-0.25, -0.2) is 0 Å². The van der Waals surface area contributed by atoms with Crippen molar-refractivity contribution in [3.05, 3.63) is 30.3 Å². The average molecular weight is 252 g/mol. The molecule has 1 rings (SSSR count). The van der Waals surface area contributed by atoms with Crippen molar-refractivity contribution in [2.75, 3.05) is 5.75 Å². The van der Waals surface area contributed by atoms with Gasteiger partial charge in [0.05, 0.1) is 8.07 Å². The molecule has 0 saturated heterocycles. The van der Waals surface area contributed by atoms with Gasteiger partial charge >= 0.3 is 0 Å². The van der Waals surface area contributed by atoms with Gasteiger partial charge in [0.25, 0.3) is 0 Å². The molecule has 0 aliphatic heterocycles. The highest BCUT2D eigenvalue weighted by molar-refractivity contribution is 7.80. The summed E-state index contributed by atoms with van der Waals surface area (Å²) < 4.78 is 0. The van der Waals surface area contributed by atoms with Crippen LogP contribution < -0.4 is 5.19 Å². The summed E-state index contributed by atoms with van der Waals surface area (Å²) in [6.45, 7) is 4.76. The van der Waals surface area contributed by atoms with Crippen LogP contribution in [0.1, 0.15) is 26.7 Å². The van der Waals surface area contributed by atoms with E-state index in [1.807, 2.05) is 0 Å². The maximum atomic E-state index is 4.31. The van der Waals surface area contributed by atoms with Crippen molar-refractivity contribution in [2.24, 2.45) is 0 Å². The predicted octanol–water partition coefficient (Wildman–Crippen LogP) is 4.09. The van der Waals surface area contributed by atoms with E-state index in [1.54, 1.807) is 5.19 Å². The standard InChI is InChI=1S/C14H24SSi/c1-3-16(4-2,13-9-8-12-15)14-10-6-5-7-11-14/h5-7,10-11,15H,3-4,8-9,12-13H2,1-2H3. The summed E-state index contributed by atoms with van der Waals surface area (Å²) in [6, 6.07) is 15.4. The molecule has 16 heavy (non-hydrogen) atoms. The van der Waals surface area contributed by atoms with Crippen LogP contribution in [0.4, 0.5) is 0 Å². The summed E-state index contributed by atoms with van der Waals surface area (Å²) in [5, 5.41) is 1.65. The molecule has 0 nitrogen and oxygen atoms in total. The molecule has 0 atom stereocenters. The SMILES string of the molecule is CC[Si](CC)(CCCCS)c1ccccc1. The quantitative estimate of drug-likeness (QED) is 0.422.